The predicted molar refractivity (Wildman–Crippen MR) is 76.3 cm³/mol. The molecule has 0 radical (unpaired) electrons. The summed E-state index contributed by atoms with van der Waals surface area (Å²) in [5, 5.41) is 0.931. The zero-order valence-corrected chi connectivity index (χ0v) is 10.9. The van der Waals surface area contributed by atoms with Gasteiger partial charge in [0.1, 0.15) is 0 Å². The van der Waals surface area contributed by atoms with Crippen LogP contribution in [0.25, 0.3) is 22.3 Å². The Labute approximate surface area is 111 Å². The Kier molecular flexibility index (Phi) is 2.88. The normalized spacial score (nSPS) is 10.6. The summed E-state index contributed by atoms with van der Waals surface area (Å²) in [7, 11) is 1.63. The molecule has 1 heterocycles. The van der Waals surface area contributed by atoms with Gasteiger partial charge in [0.05, 0.1) is 18.0 Å². The van der Waals surface area contributed by atoms with Crippen LogP contribution in [0.15, 0.2) is 48.5 Å². The number of ether oxygens (including phenoxy) is 1. The highest BCUT2D eigenvalue weighted by Crippen LogP contribution is 2.26. The van der Waals surface area contributed by atoms with E-state index in [-0.39, 0.29) is 0 Å². The van der Waals surface area contributed by atoms with Crippen molar-refractivity contribution in [3.8, 4) is 17.3 Å². The van der Waals surface area contributed by atoms with Crippen LogP contribution in [0.2, 0.25) is 0 Å². The van der Waals surface area contributed by atoms with E-state index in [1.54, 1.807) is 7.11 Å². The van der Waals surface area contributed by atoms with Gasteiger partial charge in [-0.2, -0.15) is 4.98 Å². The summed E-state index contributed by atoms with van der Waals surface area (Å²) in [4.78, 5) is 9.08. The predicted octanol–water partition coefficient (Wildman–Crippen LogP) is 3.61. The van der Waals surface area contributed by atoms with Gasteiger partial charge in [0.25, 0.3) is 0 Å². The van der Waals surface area contributed by atoms with E-state index in [4.69, 9.17) is 4.74 Å². The van der Waals surface area contributed by atoms with E-state index in [0.717, 1.165) is 16.5 Å². The topological polar surface area (TPSA) is 35.0 Å². The molecule has 0 amide bonds. The molecular formula is C16H14N2O. The van der Waals surface area contributed by atoms with Gasteiger partial charge >= 0.3 is 0 Å². The van der Waals surface area contributed by atoms with Crippen molar-refractivity contribution in [2.75, 3.05) is 7.11 Å². The van der Waals surface area contributed by atoms with Crippen LogP contribution in [0, 0.1) is 6.92 Å². The molecule has 3 aromatic rings. The lowest BCUT2D eigenvalue weighted by atomic mass is 10.1. The molecule has 0 aliphatic carbocycles. The van der Waals surface area contributed by atoms with E-state index in [1.807, 2.05) is 36.4 Å². The Balaban J connectivity index is 2.22. The molecule has 0 aliphatic heterocycles. The summed E-state index contributed by atoms with van der Waals surface area (Å²) >= 11 is 0. The van der Waals surface area contributed by atoms with Crippen LogP contribution < -0.4 is 4.74 Å². The summed E-state index contributed by atoms with van der Waals surface area (Å²) in [6.07, 6.45) is 0. The number of methoxy groups -OCH3 is 1. The molecule has 3 nitrogen and oxygen atoms in total. The first-order valence-corrected chi connectivity index (χ1v) is 6.16. The molecule has 0 fully saturated rings. The number of hydrogen-bond donors (Lipinski definition) is 0. The first kappa shape index (κ1) is 11.7. The van der Waals surface area contributed by atoms with Crippen molar-refractivity contribution in [1.82, 2.24) is 9.97 Å². The Morgan fingerprint density at radius 1 is 0.895 bits per heavy atom. The third-order valence-electron chi connectivity index (χ3n) is 3.07. The van der Waals surface area contributed by atoms with Crippen molar-refractivity contribution in [3.05, 3.63) is 54.1 Å². The van der Waals surface area contributed by atoms with E-state index >= 15 is 0 Å². The number of aromatic nitrogens is 2. The number of hydrogen-bond acceptors (Lipinski definition) is 3. The molecule has 0 atom stereocenters. The number of aryl methyl sites for hydroxylation is 1. The fourth-order valence-electron chi connectivity index (χ4n) is 2.03. The van der Waals surface area contributed by atoms with Crippen molar-refractivity contribution >= 4 is 10.9 Å². The maximum atomic E-state index is 5.36. The fourth-order valence-corrected chi connectivity index (χ4v) is 2.03. The largest absolute Gasteiger partial charge is 0.480 e. The van der Waals surface area contributed by atoms with Gasteiger partial charge in [-0.25, -0.2) is 4.98 Å². The monoisotopic (exact) mass is 250 g/mol. The van der Waals surface area contributed by atoms with Crippen molar-refractivity contribution in [2.24, 2.45) is 0 Å². The van der Waals surface area contributed by atoms with E-state index in [2.05, 4.69) is 29.0 Å². The van der Waals surface area contributed by atoms with Crippen molar-refractivity contribution in [3.63, 3.8) is 0 Å². The average Bonchev–Trinajstić information content (AvgIpc) is 2.47. The molecule has 2 aromatic carbocycles. The third kappa shape index (κ3) is 2.15. The molecule has 1 aromatic heterocycles. The van der Waals surface area contributed by atoms with Crippen LogP contribution in [0.5, 0.6) is 5.88 Å². The first-order valence-electron chi connectivity index (χ1n) is 6.16. The third-order valence-corrected chi connectivity index (χ3v) is 3.07. The fraction of sp³-hybridized carbons (Fsp3) is 0.125. The Morgan fingerprint density at radius 2 is 1.63 bits per heavy atom. The lowest BCUT2D eigenvalue weighted by molar-refractivity contribution is 0.403. The molecule has 3 rings (SSSR count). The van der Waals surface area contributed by atoms with Gasteiger partial charge in [0.2, 0.25) is 5.88 Å². The minimum Gasteiger partial charge on any atom is -0.480 e. The quantitative estimate of drug-likeness (QED) is 0.696. The second-order valence-corrected chi connectivity index (χ2v) is 4.44. The second-order valence-electron chi connectivity index (χ2n) is 4.44. The van der Waals surface area contributed by atoms with Gasteiger partial charge in [0.15, 0.2) is 5.82 Å². The molecule has 0 saturated heterocycles. The number of rotatable bonds is 2. The number of fused-ring (bicyclic) bond motifs is 1. The molecule has 3 heteroatoms. The molecule has 94 valence electrons. The maximum Gasteiger partial charge on any atom is 0.224 e. The molecule has 0 aliphatic rings. The SMILES string of the molecule is COc1nc(-c2ccc(C)cc2)nc2ccccc12. The zero-order valence-electron chi connectivity index (χ0n) is 10.9. The Hall–Kier alpha value is -2.42. The minimum absolute atomic E-state index is 0.612. The summed E-state index contributed by atoms with van der Waals surface area (Å²) in [6, 6.07) is 16.0. The smallest absolute Gasteiger partial charge is 0.224 e. The summed E-state index contributed by atoms with van der Waals surface area (Å²) in [5.41, 5.74) is 3.11. The Bertz CT molecular complexity index is 720. The van der Waals surface area contributed by atoms with E-state index in [1.165, 1.54) is 5.56 Å². The standard InChI is InChI=1S/C16H14N2O/c1-11-7-9-12(10-8-11)15-17-14-6-4-3-5-13(14)16(18-15)19-2/h3-10H,1-2H3. The van der Waals surface area contributed by atoms with Crippen LogP contribution >= 0.6 is 0 Å². The molecule has 0 bridgehead atoms. The number of nitrogens with zero attached hydrogens (tertiary/aromatic N) is 2. The summed E-state index contributed by atoms with van der Waals surface area (Å²) < 4.78 is 5.36. The highest BCUT2D eigenvalue weighted by atomic mass is 16.5. The average molecular weight is 250 g/mol. The lowest BCUT2D eigenvalue weighted by Crippen LogP contribution is -1.95. The molecule has 0 saturated carbocycles. The molecule has 0 unspecified atom stereocenters. The van der Waals surface area contributed by atoms with Crippen LogP contribution in [0.1, 0.15) is 5.56 Å². The van der Waals surface area contributed by atoms with Crippen LogP contribution in [0.4, 0.5) is 0 Å². The summed E-state index contributed by atoms with van der Waals surface area (Å²) in [6.45, 7) is 2.06. The lowest BCUT2D eigenvalue weighted by Gasteiger charge is -2.07. The van der Waals surface area contributed by atoms with Crippen molar-refractivity contribution in [2.45, 2.75) is 6.92 Å². The van der Waals surface area contributed by atoms with E-state index < -0.39 is 0 Å². The van der Waals surface area contributed by atoms with Crippen molar-refractivity contribution < 1.29 is 4.74 Å². The van der Waals surface area contributed by atoms with Crippen LogP contribution in [0.3, 0.4) is 0 Å². The highest BCUT2D eigenvalue weighted by Gasteiger charge is 2.08. The van der Waals surface area contributed by atoms with Gasteiger partial charge in [-0.05, 0) is 19.1 Å². The van der Waals surface area contributed by atoms with Crippen molar-refractivity contribution in [1.29, 1.82) is 0 Å². The van der Waals surface area contributed by atoms with E-state index in [9.17, 15) is 0 Å². The van der Waals surface area contributed by atoms with Gasteiger partial charge in [0, 0.05) is 5.56 Å². The second kappa shape index (κ2) is 4.69. The highest BCUT2D eigenvalue weighted by molar-refractivity contribution is 5.85. The van der Waals surface area contributed by atoms with Gasteiger partial charge < -0.3 is 4.74 Å². The first-order chi connectivity index (χ1) is 9.28. The zero-order chi connectivity index (χ0) is 13.2. The number of benzene rings is 2. The van der Waals surface area contributed by atoms with Gasteiger partial charge in [-0.15, -0.1) is 0 Å². The maximum absolute atomic E-state index is 5.36. The Morgan fingerprint density at radius 3 is 2.37 bits per heavy atom. The summed E-state index contributed by atoms with van der Waals surface area (Å²) in [5.74, 6) is 1.30. The van der Waals surface area contributed by atoms with Crippen LogP contribution in [-0.2, 0) is 0 Å². The molecule has 0 N–H and O–H groups in total. The van der Waals surface area contributed by atoms with E-state index in [0.29, 0.717) is 11.7 Å². The van der Waals surface area contributed by atoms with Gasteiger partial charge in [-0.3, -0.25) is 0 Å². The van der Waals surface area contributed by atoms with Crippen LogP contribution in [-0.4, -0.2) is 17.1 Å². The number of para-hydroxylation sites is 1. The van der Waals surface area contributed by atoms with Gasteiger partial charge in [-0.1, -0.05) is 42.0 Å². The minimum atomic E-state index is 0.612. The molecule has 19 heavy (non-hydrogen) atoms. The molecular weight excluding hydrogens is 236 g/mol. The molecule has 0 spiro atoms.